The summed E-state index contributed by atoms with van der Waals surface area (Å²) in [6.45, 7) is 5.67. The van der Waals surface area contributed by atoms with Crippen LogP contribution in [0.3, 0.4) is 0 Å². The SMILES string of the molecule is CCNC(=NCCCc1ccccc1)NCCCCNc1ccccn1. The highest BCUT2D eigenvalue weighted by atomic mass is 15.2. The number of aromatic nitrogens is 1. The van der Waals surface area contributed by atoms with Gasteiger partial charge in [0.1, 0.15) is 5.82 Å². The third-order valence-electron chi connectivity index (χ3n) is 3.95. The molecule has 0 saturated carbocycles. The van der Waals surface area contributed by atoms with Crippen LogP contribution in [0.5, 0.6) is 0 Å². The van der Waals surface area contributed by atoms with E-state index in [4.69, 9.17) is 0 Å². The number of pyridine rings is 1. The van der Waals surface area contributed by atoms with E-state index in [0.717, 1.165) is 63.6 Å². The first-order valence-corrected chi connectivity index (χ1v) is 9.59. The van der Waals surface area contributed by atoms with E-state index in [1.54, 1.807) is 6.20 Å². The molecule has 2 aromatic rings. The van der Waals surface area contributed by atoms with Crippen LogP contribution in [-0.2, 0) is 6.42 Å². The van der Waals surface area contributed by atoms with Gasteiger partial charge in [0.25, 0.3) is 0 Å². The first-order valence-electron chi connectivity index (χ1n) is 9.59. The Morgan fingerprint density at radius 3 is 2.50 bits per heavy atom. The fourth-order valence-corrected chi connectivity index (χ4v) is 2.60. The number of rotatable bonds is 11. The predicted octanol–water partition coefficient (Wildman–Crippen LogP) is 3.46. The summed E-state index contributed by atoms with van der Waals surface area (Å²) in [4.78, 5) is 8.92. The van der Waals surface area contributed by atoms with Gasteiger partial charge in [-0.3, -0.25) is 4.99 Å². The van der Waals surface area contributed by atoms with E-state index in [-0.39, 0.29) is 0 Å². The van der Waals surface area contributed by atoms with Gasteiger partial charge in [-0.25, -0.2) is 4.98 Å². The van der Waals surface area contributed by atoms with Gasteiger partial charge in [-0.15, -0.1) is 0 Å². The van der Waals surface area contributed by atoms with Crippen LogP contribution < -0.4 is 16.0 Å². The number of unbranched alkanes of at least 4 members (excludes halogenated alkanes) is 1. The minimum Gasteiger partial charge on any atom is -0.370 e. The molecule has 1 aromatic carbocycles. The van der Waals surface area contributed by atoms with Crippen LogP contribution in [0, 0.1) is 0 Å². The van der Waals surface area contributed by atoms with Crippen molar-refractivity contribution in [3.8, 4) is 0 Å². The van der Waals surface area contributed by atoms with Gasteiger partial charge >= 0.3 is 0 Å². The Balaban J connectivity index is 1.57. The van der Waals surface area contributed by atoms with Crippen LogP contribution >= 0.6 is 0 Å². The lowest BCUT2D eigenvalue weighted by molar-refractivity contribution is 0.709. The molecule has 0 aliphatic rings. The van der Waals surface area contributed by atoms with E-state index in [2.05, 4.69) is 63.2 Å². The van der Waals surface area contributed by atoms with Crippen molar-refractivity contribution in [3.05, 3.63) is 60.3 Å². The highest BCUT2D eigenvalue weighted by Crippen LogP contribution is 2.02. The number of nitrogens with zero attached hydrogens (tertiary/aromatic N) is 2. The maximum Gasteiger partial charge on any atom is 0.191 e. The molecule has 0 bridgehead atoms. The lowest BCUT2D eigenvalue weighted by atomic mass is 10.1. The number of nitrogens with one attached hydrogen (secondary N) is 3. The highest BCUT2D eigenvalue weighted by molar-refractivity contribution is 5.79. The second-order valence-electron chi connectivity index (χ2n) is 6.13. The van der Waals surface area contributed by atoms with Crippen molar-refractivity contribution < 1.29 is 0 Å². The van der Waals surface area contributed by atoms with E-state index in [1.807, 2.05) is 18.2 Å². The normalized spacial score (nSPS) is 11.2. The molecule has 1 heterocycles. The Bertz CT molecular complexity index is 613. The summed E-state index contributed by atoms with van der Waals surface area (Å²) in [6.07, 6.45) is 6.13. The second-order valence-corrected chi connectivity index (χ2v) is 6.13. The first-order chi connectivity index (χ1) is 12.9. The molecule has 140 valence electrons. The minimum absolute atomic E-state index is 0.839. The van der Waals surface area contributed by atoms with Crippen molar-refractivity contribution in [2.45, 2.75) is 32.6 Å². The van der Waals surface area contributed by atoms with Crippen LogP contribution in [0.2, 0.25) is 0 Å². The maximum absolute atomic E-state index is 4.66. The predicted molar refractivity (Wildman–Crippen MR) is 111 cm³/mol. The van der Waals surface area contributed by atoms with Gasteiger partial charge in [0, 0.05) is 32.4 Å². The number of hydrogen-bond acceptors (Lipinski definition) is 3. The van der Waals surface area contributed by atoms with E-state index < -0.39 is 0 Å². The third-order valence-corrected chi connectivity index (χ3v) is 3.95. The number of benzene rings is 1. The molecule has 5 heteroatoms. The zero-order valence-electron chi connectivity index (χ0n) is 15.7. The van der Waals surface area contributed by atoms with Crippen molar-refractivity contribution in [1.29, 1.82) is 0 Å². The van der Waals surface area contributed by atoms with Crippen LogP contribution in [0.25, 0.3) is 0 Å². The van der Waals surface area contributed by atoms with Crippen molar-refractivity contribution >= 4 is 11.8 Å². The summed E-state index contributed by atoms with van der Waals surface area (Å²) < 4.78 is 0. The molecule has 0 fully saturated rings. The van der Waals surface area contributed by atoms with Gasteiger partial charge in [0.15, 0.2) is 5.96 Å². The first kappa shape index (κ1) is 19.8. The van der Waals surface area contributed by atoms with Gasteiger partial charge in [-0.1, -0.05) is 36.4 Å². The van der Waals surface area contributed by atoms with E-state index in [9.17, 15) is 0 Å². The zero-order chi connectivity index (χ0) is 18.3. The van der Waals surface area contributed by atoms with Gasteiger partial charge in [0.2, 0.25) is 0 Å². The lowest BCUT2D eigenvalue weighted by Gasteiger charge is -2.11. The fraction of sp³-hybridized carbons (Fsp3) is 0.429. The monoisotopic (exact) mass is 353 g/mol. The van der Waals surface area contributed by atoms with Gasteiger partial charge in [0.05, 0.1) is 0 Å². The molecule has 1 aromatic heterocycles. The number of guanidine groups is 1. The largest absolute Gasteiger partial charge is 0.370 e. The van der Waals surface area contributed by atoms with Crippen LogP contribution in [-0.4, -0.2) is 37.1 Å². The Morgan fingerprint density at radius 2 is 1.73 bits per heavy atom. The van der Waals surface area contributed by atoms with Gasteiger partial charge in [-0.2, -0.15) is 0 Å². The number of hydrogen-bond donors (Lipinski definition) is 3. The summed E-state index contributed by atoms with van der Waals surface area (Å²) in [7, 11) is 0. The summed E-state index contributed by atoms with van der Waals surface area (Å²) >= 11 is 0. The van der Waals surface area contributed by atoms with Crippen LogP contribution in [0.4, 0.5) is 5.82 Å². The molecule has 0 aliphatic carbocycles. The lowest BCUT2D eigenvalue weighted by Crippen LogP contribution is -2.38. The third kappa shape index (κ3) is 8.51. The van der Waals surface area contributed by atoms with Crippen molar-refractivity contribution in [2.24, 2.45) is 4.99 Å². The molecule has 0 aliphatic heterocycles. The molecule has 0 unspecified atom stereocenters. The summed E-state index contributed by atoms with van der Waals surface area (Å²) in [5.41, 5.74) is 1.38. The summed E-state index contributed by atoms with van der Waals surface area (Å²) in [5, 5.41) is 10.1. The quantitative estimate of drug-likeness (QED) is 0.329. The Labute approximate surface area is 157 Å². The summed E-state index contributed by atoms with van der Waals surface area (Å²) in [6, 6.07) is 16.5. The van der Waals surface area contributed by atoms with Crippen molar-refractivity contribution in [3.63, 3.8) is 0 Å². The van der Waals surface area contributed by atoms with Crippen molar-refractivity contribution in [1.82, 2.24) is 15.6 Å². The number of aliphatic imine (C=N–C) groups is 1. The molecular weight excluding hydrogens is 322 g/mol. The van der Waals surface area contributed by atoms with Gasteiger partial charge < -0.3 is 16.0 Å². The number of aryl methyl sites for hydroxylation is 1. The second kappa shape index (κ2) is 12.8. The highest BCUT2D eigenvalue weighted by Gasteiger charge is 1.97. The Kier molecular flexibility index (Phi) is 9.69. The average Bonchev–Trinajstić information content (AvgIpc) is 2.69. The van der Waals surface area contributed by atoms with E-state index >= 15 is 0 Å². The smallest absolute Gasteiger partial charge is 0.191 e. The Hall–Kier alpha value is -2.56. The minimum atomic E-state index is 0.839. The molecule has 0 amide bonds. The average molecular weight is 354 g/mol. The summed E-state index contributed by atoms with van der Waals surface area (Å²) in [5.74, 6) is 1.85. The van der Waals surface area contributed by atoms with E-state index in [0.29, 0.717) is 0 Å². The molecule has 0 spiro atoms. The molecule has 26 heavy (non-hydrogen) atoms. The molecule has 0 radical (unpaired) electrons. The van der Waals surface area contributed by atoms with Crippen molar-refractivity contribution in [2.75, 3.05) is 31.5 Å². The van der Waals surface area contributed by atoms with Crippen LogP contribution in [0.15, 0.2) is 59.7 Å². The molecular formula is C21H31N5. The van der Waals surface area contributed by atoms with Gasteiger partial charge in [-0.05, 0) is 50.3 Å². The molecule has 5 nitrogen and oxygen atoms in total. The maximum atomic E-state index is 4.66. The fourth-order valence-electron chi connectivity index (χ4n) is 2.60. The molecule has 0 saturated heterocycles. The van der Waals surface area contributed by atoms with Crippen LogP contribution in [0.1, 0.15) is 31.7 Å². The molecule has 3 N–H and O–H groups in total. The molecule has 0 atom stereocenters. The topological polar surface area (TPSA) is 61.3 Å². The molecule has 2 rings (SSSR count). The van der Waals surface area contributed by atoms with E-state index in [1.165, 1.54) is 5.56 Å². The number of anilines is 1. The standard InChI is InChI=1S/C21H31N5/c1-2-22-21(26-18-10-13-19-11-4-3-5-12-19)25-17-9-8-16-24-20-14-6-7-15-23-20/h3-7,11-12,14-15H,2,8-10,13,16-18H2,1H3,(H,23,24)(H2,22,25,26). The Morgan fingerprint density at radius 1 is 0.923 bits per heavy atom. The zero-order valence-corrected chi connectivity index (χ0v) is 15.7.